The fraction of sp³-hybridized carbons (Fsp3) is 0.909. The molecular formula is C11H18O2. The molecule has 0 N–H and O–H groups in total. The number of carbonyl (C=O) groups excluding carboxylic acids is 1. The molecule has 0 unspecified atom stereocenters. The summed E-state index contributed by atoms with van der Waals surface area (Å²) < 4.78 is 5.43. The molecule has 0 saturated heterocycles. The molecule has 0 aromatic carbocycles. The second-order valence-corrected chi connectivity index (χ2v) is 4.60. The van der Waals surface area contributed by atoms with Crippen LogP contribution in [0.15, 0.2) is 0 Å². The van der Waals surface area contributed by atoms with Crippen LogP contribution in [0.25, 0.3) is 0 Å². The number of ketones is 1. The van der Waals surface area contributed by atoms with E-state index in [1.807, 2.05) is 0 Å². The van der Waals surface area contributed by atoms with Gasteiger partial charge < -0.3 is 4.74 Å². The molecule has 2 aliphatic rings. The SMILES string of the molecule is COC1(CC(=O)CC2CC2)CCC1. The van der Waals surface area contributed by atoms with Crippen LogP contribution in [0.3, 0.4) is 0 Å². The van der Waals surface area contributed by atoms with Crippen LogP contribution in [0.2, 0.25) is 0 Å². The van der Waals surface area contributed by atoms with Crippen LogP contribution in [0.1, 0.15) is 44.9 Å². The van der Waals surface area contributed by atoms with Crippen molar-refractivity contribution >= 4 is 5.78 Å². The molecule has 0 spiro atoms. The third kappa shape index (κ3) is 2.11. The molecule has 2 fully saturated rings. The van der Waals surface area contributed by atoms with Gasteiger partial charge in [0.1, 0.15) is 5.78 Å². The molecule has 0 atom stereocenters. The summed E-state index contributed by atoms with van der Waals surface area (Å²) in [7, 11) is 1.74. The summed E-state index contributed by atoms with van der Waals surface area (Å²) >= 11 is 0. The van der Waals surface area contributed by atoms with E-state index in [4.69, 9.17) is 4.74 Å². The number of carbonyl (C=O) groups is 1. The molecule has 0 bridgehead atoms. The zero-order valence-corrected chi connectivity index (χ0v) is 8.34. The lowest BCUT2D eigenvalue weighted by Crippen LogP contribution is -2.41. The van der Waals surface area contributed by atoms with E-state index in [0.29, 0.717) is 12.2 Å². The summed E-state index contributed by atoms with van der Waals surface area (Å²) in [5.74, 6) is 1.14. The topological polar surface area (TPSA) is 26.3 Å². The van der Waals surface area contributed by atoms with E-state index in [0.717, 1.165) is 25.2 Å². The molecule has 74 valence electrons. The third-order valence-electron chi connectivity index (χ3n) is 3.43. The highest BCUT2D eigenvalue weighted by Crippen LogP contribution is 2.40. The largest absolute Gasteiger partial charge is 0.378 e. The number of hydrogen-bond donors (Lipinski definition) is 0. The van der Waals surface area contributed by atoms with Crippen LogP contribution in [-0.4, -0.2) is 18.5 Å². The van der Waals surface area contributed by atoms with Gasteiger partial charge in [0.05, 0.1) is 5.60 Å². The van der Waals surface area contributed by atoms with E-state index in [1.165, 1.54) is 19.3 Å². The maximum absolute atomic E-state index is 11.6. The third-order valence-corrected chi connectivity index (χ3v) is 3.43. The lowest BCUT2D eigenvalue weighted by Gasteiger charge is -2.40. The number of hydrogen-bond acceptors (Lipinski definition) is 2. The van der Waals surface area contributed by atoms with E-state index in [2.05, 4.69) is 0 Å². The first kappa shape index (κ1) is 9.20. The number of ether oxygens (including phenoxy) is 1. The molecule has 0 amide bonds. The molecule has 13 heavy (non-hydrogen) atoms. The smallest absolute Gasteiger partial charge is 0.136 e. The quantitative estimate of drug-likeness (QED) is 0.652. The van der Waals surface area contributed by atoms with E-state index < -0.39 is 0 Å². The van der Waals surface area contributed by atoms with Gasteiger partial charge in [-0.05, 0) is 38.0 Å². The monoisotopic (exact) mass is 182 g/mol. The first-order chi connectivity index (χ1) is 6.24. The predicted molar refractivity (Wildman–Crippen MR) is 50.6 cm³/mol. The maximum Gasteiger partial charge on any atom is 0.136 e. The zero-order chi connectivity index (χ0) is 9.31. The van der Waals surface area contributed by atoms with Gasteiger partial charge in [-0.1, -0.05) is 0 Å². The van der Waals surface area contributed by atoms with Gasteiger partial charge in [-0.25, -0.2) is 0 Å². The standard InChI is InChI=1S/C11H18O2/c1-13-11(5-2-6-11)8-10(12)7-9-3-4-9/h9H,2-8H2,1H3. The molecule has 0 radical (unpaired) electrons. The number of Topliss-reactive ketones (excluding diaryl/α,β-unsaturated/α-hetero) is 1. The van der Waals surface area contributed by atoms with Gasteiger partial charge in [0, 0.05) is 20.0 Å². The molecule has 0 aromatic rings. The number of rotatable bonds is 5. The van der Waals surface area contributed by atoms with Crippen molar-refractivity contribution in [1.82, 2.24) is 0 Å². The van der Waals surface area contributed by atoms with Crippen LogP contribution < -0.4 is 0 Å². The minimum absolute atomic E-state index is 0.0496. The van der Waals surface area contributed by atoms with Gasteiger partial charge in [0.25, 0.3) is 0 Å². The van der Waals surface area contributed by atoms with Crippen molar-refractivity contribution in [1.29, 1.82) is 0 Å². The van der Waals surface area contributed by atoms with Crippen LogP contribution >= 0.6 is 0 Å². The molecule has 0 aliphatic heterocycles. The van der Waals surface area contributed by atoms with Crippen LogP contribution in [0.5, 0.6) is 0 Å². The van der Waals surface area contributed by atoms with Crippen LogP contribution in [0, 0.1) is 5.92 Å². The van der Waals surface area contributed by atoms with Crippen molar-refractivity contribution in [2.45, 2.75) is 50.5 Å². The molecule has 0 heterocycles. The molecule has 2 rings (SSSR count). The van der Waals surface area contributed by atoms with Gasteiger partial charge in [-0.2, -0.15) is 0 Å². The Bertz CT molecular complexity index is 197. The number of methoxy groups -OCH3 is 1. The summed E-state index contributed by atoms with van der Waals surface area (Å²) in [6.07, 6.45) is 7.41. The van der Waals surface area contributed by atoms with E-state index in [1.54, 1.807) is 7.11 Å². The first-order valence-corrected chi connectivity index (χ1v) is 5.31. The van der Waals surface area contributed by atoms with Crippen LogP contribution in [0.4, 0.5) is 0 Å². The summed E-state index contributed by atoms with van der Waals surface area (Å²) in [6, 6.07) is 0. The summed E-state index contributed by atoms with van der Waals surface area (Å²) in [5.41, 5.74) is -0.0496. The molecule has 2 heteroatoms. The zero-order valence-electron chi connectivity index (χ0n) is 8.34. The van der Waals surface area contributed by atoms with E-state index in [9.17, 15) is 4.79 Å². The Balaban J connectivity index is 1.77. The first-order valence-electron chi connectivity index (χ1n) is 5.31. The minimum Gasteiger partial charge on any atom is -0.378 e. The highest BCUT2D eigenvalue weighted by molar-refractivity contribution is 5.80. The minimum atomic E-state index is -0.0496. The molecule has 2 aliphatic carbocycles. The van der Waals surface area contributed by atoms with Crippen molar-refractivity contribution in [3.8, 4) is 0 Å². The summed E-state index contributed by atoms with van der Waals surface area (Å²) in [5, 5.41) is 0. The summed E-state index contributed by atoms with van der Waals surface area (Å²) in [4.78, 5) is 11.6. The van der Waals surface area contributed by atoms with Crippen molar-refractivity contribution in [3.63, 3.8) is 0 Å². The Kier molecular flexibility index (Phi) is 2.41. The fourth-order valence-electron chi connectivity index (χ4n) is 2.10. The van der Waals surface area contributed by atoms with Gasteiger partial charge >= 0.3 is 0 Å². The van der Waals surface area contributed by atoms with Crippen molar-refractivity contribution in [2.75, 3.05) is 7.11 Å². The Morgan fingerprint density at radius 3 is 2.54 bits per heavy atom. The van der Waals surface area contributed by atoms with Crippen molar-refractivity contribution < 1.29 is 9.53 Å². The van der Waals surface area contributed by atoms with Crippen LogP contribution in [-0.2, 0) is 9.53 Å². The normalized spacial score (nSPS) is 25.3. The average Bonchev–Trinajstić information content (AvgIpc) is 2.80. The molecule has 0 aromatic heterocycles. The van der Waals surface area contributed by atoms with Gasteiger partial charge in [-0.3, -0.25) is 4.79 Å². The second-order valence-electron chi connectivity index (χ2n) is 4.60. The van der Waals surface area contributed by atoms with Gasteiger partial charge in [0.15, 0.2) is 0 Å². The Morgan fingerprint density at radius 2 is 2.15 bits per heavy atom. The highest BCUT2D eigenvalue weighted by Gasteiger charge is 2.39. The van der Waals surface area contributed by atoms with Gasteiger partial charge in [-0.15, -0.1) is 0 Å². The Hall–Kier alpha value is -0.370. The maximum atomic E-state index is 11.6. The molecule has 2 saturated carbocycles. The molecular weight excluding hydrogens is 164 g/mol. The van der Waals surface area contributed by atoms with Crippen molar-refractivity contribution in [3.05, 3.63) is 0 Å². The Labute approximate surface area is 79.7 Å². The molecule has 2 nitrogen and oxygen atoms in total. The van der Waals surface area contributed by atoms with Crippen molar-refractivity contribution in [2.24, 2.45) is 5.92 Å². The lowest BCUT2D eigenvalue weighted by molar-refractivity contribution is -0.132. The predicted octanol–water partition coefficient (Wildman–Crippen LogP) is 2.31. The highest BCUT2D eigenvalue weighted by atomic mass is 16.5. The Morgan fingerprint density at radius 1 is 1.46 bits per heavy atom. The lowest BCUT2D eigenvalue weighted by atomic mass is 9.76. The van der Waals surface area contributed by atoms with Gasteiger partial charge in [0.2, 0.25) is 0 Å². The fourth-order valence-corrected chi connectivity index (χ4v) is 2.10. The average molecular weight is 182 g/mol. The summed E-state index contributed by atoms with van der Waals surface area (Å²) in [6.45, 7) is 0. The van der Waals surface area contributed by atoms with E-state index >= 15 is 0 Å². The van der Waals surface area contributed by atoms with E-state index in [-0.39, 0.29) is 5.60 Å². The second kappa shape index (κ2) is 3.41.